The molecule has 5 nitrogen and oxygen atoms in total. The molecule has 1 atom stereocenters. The van der Waals surface area contributed by atoms with E-state index in [2.05, 4.69) is 12.2 Å². The number of aryl methyl sites for hydroxylation is 1. The summed E-state index contributed by atoms with van der Waals surface area (Å²) in [4.78, 5) is 12.9. The van der Waals surface area contributed by atoms with E-state index in [-0.39, 0.29) is 28.8 Å². The number of rotatable bonds is 6. The zero-order valence-electron chi connectivity index (χ0n) is 17.1. The van der Waals surface area contributed by atoms with Crippen molar-refractivity contribution in [1.29, 1.82) is 0 Å². The maximum absolute atomic E-state index is 12.7. The minimum absolute atomic E-state index is 0.101. The van der Waals surface area contributed by atoms with Crippen LogP contribution in [0.2, 0.25) is 0 Å². The molecule has 0 unspecified atom stereocenters. The maximum atomic E-state index is 12.7. The smallest absolute Gasteiger partial charge is 0.243 e. The van der Waals surface area contributed by atoms with E-state index in [0.717, 1.165) is 27.6 Å². The molecular formula is C22H32N2O3S. The Labute approximate surface area is 168 Å². The van der Waals surface area contributed by atoms with Gasteiger partial charge in [-0.3, -0.25) is 4.79 Å². The van der Waals surface area contributed by atoms with Crippen molar-refractivity contribution in [2.45, 2.75) is 63.3 Å². The van der Waals surface area contributed by atoms with Crippen LogP contribution in [0.4, 0.5) is 0 Å². The Kier molecular flexibility index (Phi) is 5.07. The number of nitrogens with zero attached hydrogens (tertiary/aromatic N) is 1. The van der Waals surface area contributed by atoms with Crippen LogP contribution in [0.25, 0.3) is 0 Å². The number of carbonyl (C=O) groups excluding carboxylic acids is 1. The monoisotopic (exact) mass is 404 g/mol. The Morgan fingerprint density at radius 3 is 2.11 bits per heavy atom. The van der Waals surface area contributed by atoms with Crippen LogP contribution in [-0.4, -0.2) is 38.3 Å². The number of benzene rings is 1. The second-order valence-electron chi connectivity index (χ2n) is 9.64. The van der Waals surface area contributed by atoms with E-state index < -0.39 is 10.0 Å². The zero-order chi connectivity index (χ0) is 20.1. The van der Waals surface area contributed by atoms with Gasteiger partial charge in [-0.2, -0.15) is 4.31 Å². The first-order chi connectivity index (χ1) is 13.2. The van der Waals surface area contributed by atoms with Gasteiger partial charge in [0.25, 0.3) is 0 Å². The van der Waals surface area contributed by atoms with Crippen molar-refractivity contribution in [3.8, 4) is 0 Å². The average molecular weight is 405 g/mol. The molecule has 28 heavy (non-hydrogen) atoms. The molecule has 0 heterocycles. The molecule has 1 aromatic carbocycles. The Balaban J connectivity index is 1.39. The van der Waals surface area contributed by atoms with E-state index >= 15 is 0 Å². The SMILES string of the molecule is Cc1ccc(S(=O)(=O)N(C)CC(=O)N[C@@H](C)C23CC4CC(CC(C4)C2)C3)cc1. The van der Waals surface area contributed by atoms with Crippen LogP contribution in [0.15, 0.2) is 29.2 Å². The Morgan fingerprint density at radius 1 is 1.11 bits per heavy atom. The molecule has 6 heteroatoms. The minimum atomic E-state index is -3.66. The lowest BCUT2D eigenvalue weighted by atomic mass is 9.48. The molecule has 1 amide bonds. The lowest BCUT2D eigenvalue weighted by molar-refractivity contribution is -0.125. The topological polar surface area (TPSA) is 66.5 Å². The molecule has 0 saturated heterocycles. The van der Waals surface area contributed by atoms with Crippen LogP contribution < -0.4 is 5.32 Å². The molecule has 0 aromatic heterocycles. The molecule has 0 aliphatic heterocycles. The fourth-order valence-corrected chi connectivity index (χ4v) is 7.45. The molecule has 4 aliphatic carbocycles. The largest absolute Gasteiger partial charge is 0.352 e. The minimum Gasteiger partial charge on any atom is -0.352 e. The van der Waals surface area contributed by atoms with E-state index in [1.807, 2.05) is 6.92 Å². The number of likely N-dealkylation sites (N-methyl/N-ethyl adjacent to an activating group) is 1. The van der Waals surface area contributed by atoms with Gasteiger partial charge < -0.3 is 5.32 Å². The molecular weight excluding hydrogens is 372 g/mol. The van der Waals surface area contributed by atoms with Gasteiger partial charge in [0.1, 0.15) is 0 Å². The fraction of sp³-hybridized carbons (Fsp3) is 0.682. The van der Waals surface area contributed by atoms with E-state index in [1.165, 1.54) is 45.6 Å². The van der Waals surface area contributed by atoms with Gasteiger partial charge >= 0.3 is 0 Å². The first kappa shape index (κ1) is 19.9. The van der Waals surface area contributed by atoms with Crippen LogP contribution in [0.5, 0.6) is 0 Å². The predicted octanol–water partition coefficient (Wildman–Crippen LogP) is 3.34. The number of hydrogen-bond acceptors (Lipinski definition) is 3. The molecule has 5 rings (SSSR count). The normalized spacial score (nSPS) is 32.5. The van der Waals surface area contributed by atoms with Gasteiger partial charge in [-0.05, 0) is 87.7 Å². The van der Waals surface area contributed by atoms with Gasteiger partial charge in [0.05, 0.1) is 11.4 Å². The van der Waals surface area contributed by atoms with E-state index in [0.29, 0.717) is 0 Å². The second kappa shape index (κ2) is 7.13. The van der Waals surface area contributed by atoms with Crippen LogP contribution in [0.1, 0.15) is 51.0 Å². The van der Waals surface area contributed by atoms with Crippen LogP contribution in [0, 0.1) is 30.1 Å². The highest BCUT2D eigenvalue weighted by Crippen LogP contribution is 2.61. The summed E-state index contributed by atoms with van der Waals surface area (Å²) in [7, 11) is -2.18. The lowest BCUT2D eigenvalue weighted by Gasteiger charge is -2.59. The van der Waals surface area contributed by atoms with Gasteiger partial charge in [-0.1, -0.05) is 17.7 Å². The van der Waals surface area contributed by atoms with Crippen molar-refractivity contribution >= 4 is 15.9 Å². The maximum Gasteiger partial charge on any atom is 0.243 e. The first-order valence-electron chi connectivity index (χ1n) is 10.5. The fourth-order valence-electron chi connectivity index (χ4n) is 6.33. The van der Waals surface area contributed by atoms with Crippen LogP contribution in [0.3, 0.4) is 0 Å². The third kappa shape index (κ3) is 3.61. The highest BCUT2D eigenvalue weighted by atomic mass is 32.2. The van der Waals surface area contributed by atoms with Gasteiger partial charge in [0.2, 0.25) is 15.9 Å². The van der Waals surface area contributed by atoms with Crippen molar-refractivity contribution in [2.75, 3.05) is 13.6 Å². The van der Waals surface area contributed by atoms with Gasteiger partial charge in [-0.15, -0.1) is 0 Å². The molecule has 4 aliphatic rings. The molecule has 154 valence electrons. The quantitative estimate of drug-likeness (QED) is 0.791. The Morgan fingerprint density at radius 2 is 1.61 bits per heavy atom. The van der Waals surface area contributed by atoms with E-state index in [4.69, 9.17) is 0 Å². The summed E-state index contributed by atoms with van der Waals surface area (Å²) in [5.41, 5.74) is 1.22. The molecule has 1 aromatic rings. The molecule has 0 spiro atoms. The summed E-state index contributed by atoms with van der Waals surface area (Å²) in [6, 6.07) is 6.84. The summed E-state index contributed by atoms with van der Waals surface area (Å²) < 4.78 is 26.6. The second-order valence-corrected chi connectivity index (χ2v) is 11.7. The summed E-state index contributed by atoms with van der Waals surface area (Å²) in [6.45, 7) is 3.89. The van der Waals surface area contributed by atoms with Gasteiger partial charge in [-0.25, -0.2) is 8.42 Å². The summed E-state index contributed by atoms with van der Waals surface area (Å²) >= 11 is 0. The zero-order valence-corrected chi connectivity index (χ0v) is 18.0. The Bertz CT molecular complexity index is 812. The molecule has 1 N–H and O–H groups in total. The summed E-state index contributed by atoms with van der Waals surface area (Å²) in [5, 5.41) is 3.16. The molecule has 0 radical (unpaired) electrons. The highest BCUT2D eigenvalue weighted by Gasteiger charge is 2.53. The van der Waals surface area contributed by atoms with Crippen molar-refractivity contribution in [2.24, 2.45) is 23.2 Å². The van der Waals surface area contributed by atoms with Crippen LogP contribution >= 0.6 is 0 Å². The van der Waals surface area contributed by atoms with Crippen molar-refractivity contribution in [3.63, 3.8) is 0 Å². The summed E-state index contributed by atoms with van der Waals surface area (Å²) in [5.74, 6) is 2.28. The van der Waals surface area contributed by atoms with E-state index in [9.17, 15) is 13.2 Å². The lowest BCUT2D eigenvalue weighted by Crippen LogP contribution is -2.56. The molecule has 4 fully saturated rings. The third-order valence-corrected chi connectivity index (χ3v) is 9.29. The number of amides is 1. The number of carbonyl (C=O) groups is 1. The molecule has 4 bridgehead atoms. The summed E-state index contributed by atoms with van der Waals surface area (Å²) in [6.07, 6.45) is 7.78. The van der Waals surface area contributed by atoms with E-state index in [1.54, 1.807) is 24.3 Å². The number of sulfonamides is 1. The number of hydrogen-bond donors (Lipinski definition) is 1. The van der Waals surface area contributed by atoms with Gasteiger partial charge in [0, 0.05) is 13.1 Å². The number of nitrogens with one attached hydrogen (secondary N) is 1. The average Bonchev–Trinajstić information content (AvgIpc) is 2.60. The van der Waals surface area contributed by atoms with Crippen molar-refractivity contribution in [3.05, 3.63) is 29.8 Å². The van der Waals surface area contributed by atoms with Crippen molar-refractivity contribution in [1.82, 2.24) is 9.62 Å². The first-order valence-corrected chi connectivity index (χ1v) is 11.9. The van der Waals surface area contributed by atoms with Gasteiger partial charge in [0.15, 0.2) is 0 Å². The Hall–Kier alpha value is -1.40. The van der Waals surface area contributed by atoms with Crippen molar-refractivity contribution < 1.29 is 13.2 Å². The highest BCUT2D eigenvalue weighted by molar-refractivity contribution is 7.89. The third-order valence-electron chi connectivity index (χ3n) is 7.48. The predicted molar refractivity (Wildman–Crippen MR) is 109 cm³/mol. The van der Waals surface area contributed by atoms with Crippen LogP contribution in [-0.2, 0) is 14.8 Å². The standard InChI is InChI=1S/C22H32N2O3S/c1-15-4-6-20(7-5-15)28(26,27)24(3)14-21(25)23-16(2)22-11-17-8-18(12-22)10-19(9-17)13-22/h4-7,16-19H,8-14H2,1-3H3,(H,23,25)/t16-,17?,18?,19?,22?/m0/s1. The molecule has 4 saturated carbocycles.